The van der Waals surface area contributed by atoms with E-state index in [-0.39, 0.29) is 18.4 Å². The number of benzene rings is 2. The minimum absolute atomic E-state index is 0.0206. The lowest BCUT2D eigenvalue weighted by Gasteiger charge is -2.47. The number of rotatable bonds is 8. The maximum atomic E-state index is 13.3. The van der Waals surface area contributed by atoms with Crippen molar-refractivity contribution >= 4 is 22.7 Å². The molecule has 2 aromatic carbocycles. The van der Waals surface area contributed by atoms with Gasteiger partial charge < -0.3 is 15.0 Å². The predicted octanol–water partition coefficient (Wildman–Crippen LogP) is 4.24. The highest BCUT2D eigenvalue weighted by Crippen LogP contribution is 2.33. The summed E-state index contributed by atoms with van der Waals surface area (Å²) >= 11 is 0. The Balaban J connectivity index is 1.46. The van der Waals surface area contributed by atoms with Gasteiger partial charge in [0, 0.05) is 34.8 Å². The first-order valence-electron chi connectivity index (χ1n) is 12.7. The third kappa shape index (κ3) is 6.26. The molecule has 2 heterocycles. The van der Waals surface area contributed by atoms with Crippen molar-refractivity contribution in [2.24, 2.45) is 5.92 Å². The number of hydrogen-bond acceptors (Lipinski definition) is 6. The Kier molecular flexibility index (Phi) is 8.10. The van der Waals surface area contributed by atoms with Crippen LogP contribution in [-0.4, -0.2) is 52.1 Å². The Morgan fingerprint density at radius 3 is 2.62 bits per heavy atom. The molecule has 1 aliphatic rings. The molecular weight excluding hydrogens is 468 g/mol. The Hall–Kier alpha value is -3.49. The van der Waals surface area contributed by atoms with E-state index in [1.54, 1.807) is 29.7 Å². The van der Waals surface area contributed by atoms with Crippen molar-refractivity contribution in [2.75, 3.05) is 13.6 Å². The quantitative estimate of drug-likeness (QED) is 0.313. The van der Waals surface area contributed by atoms with Crippen molar-refractivity contribution in [1.29, 1.82) is 0 Å². The van der Waals surface area contributed by atoms with Crippen LogP contribution in [0.2, 0.25) is 0 Å². The van der Waals surface area contributed by atoms with Gasteiger partial charge in [-0.25, -0.2) is 5.48 Å². The summed E-state index contributed by atoms with van der Waals surface area (Å²) in [4.78, 5) is 32.3. The van der Waals surface area contributed by atoms with Gasteiger partial charge in [0.25, 0.3) is 5.91 Å². The van der Waals surface area contributed by atoms with E-state index in [1.165, 1.54) is 0 Å². The molecule has 0 aliphatic carbocycles. The molecule has 2 atom stereocenters. The van der Waals surface area contributed by atoms with Gasteiger partial charge in [0.05, 0.1) is 17.5 Å². The van der Waals surface area contributed by atoms with E-state index in [1.807, 2.05) is 37.3 Å². The first kappa shape index (κ1) is 26.6. The summed E-state index contributed by atoms with van der Waals surface area (Å²) in [6.45, 7) is 7.38. The van der Waals surface area contributed by atoms with E-state index >= 15 is 0 Å². The highest BCUT2D eigenvalue weighted by molar-refractivity contribution is 5.95. The molecule has 0 bridgehead atoms. The molecule has 1 aromatic heterocycles. The van der Waals surface area contributed by atoms with Crippen LogP contribution in [-0.2, 0) is 11.4 Å². The van der Waals surface area contributed by atoms with Crippen LogP contribution in [0.3, 0.4) is 0 Å². The molecule has 0 spiro atoms. The first-order valence-corrected chi connectivity index (χ1v) is 12.7. The SMILES string of the molecule is Cc1cc(COc2ccc(C(=O)NC3(CC(=O)NO)CCN(C)C(C(C)C)C3)cc2)c2ccccc2n1. The van der Waals surface area contributed by atoms with Crippen LogP contribution in [0.1, 0.15) is 54.7 Å². The Labute approximate surface area is 218 Å². The standard InChI is InChI=1S/C29H36N4O4/c1-19(2)26-16-29(13-14-33(26)4,17-27(34)32-36)31-28(35)21-9-11-23(12-10-21)37-18-22-15-20(3)30-25-8-6-5-7-24(22)25/h5-12,15,19,26,36H,13-14,16-18H2,1-4H3,(H,31,35)(H,32,34). The summed E-state index contributed by atoms with van der Waals surface area (Å²) in [5.41, 5.74) is 4.40. The van der Waals surface area contributed by atoms with Crippen molar-refractivity contribution in [1.82, 2.24) is 20.7 Å². The average molecular weight is 505 g/mol. The number of hydrogen-bond donors (Lipinski definition) is 3. The van der Waals surface area contributed by atoms with Crippen LogP contribution in [0.4, 0.5) is 0 Å². The molecule has 1 fully saturated rings. The topological polar surface area (TPSA) is 104 Å². The number of pyridine rings is 1. The number of piperidine rings is 1. The van der Waals surface area contributed by atoms with Crippen LogP contribution in [0.5, 0.6) is 5.75 Å². The van der Waals surface area contributed by atoms with E-state index in [2.05, 4.69) is 36.1 Å². The molecule has 0 radical (unpaired) electrons. The van der Waals surface area contributed by atoms with Crippen molar-refractivity contribution in [3.05, 3.63) is 71.4 Å². The van der Waals surface area contributed by atoms with Gasteiger partial charge >= 0.3 is 0 Å². The van der Waals surface area contributed by atoms with E-state index in [0.29, 0.717) is 36.7 Å². The zero-order valence-corrected chi connectivity index (χ0v) is 22.0. The maximum absolute atomic E-state index is 13.3. The fraction of sp³-hybridized carbons (Fsp3) is 0.414. The Morgan fingerprint density at radius 1 is 1.19 bits per heavy atom. The zero-order valence-electron chi connectivity index (χ0n) is 22.0. The Bertz CT molecular complexity index is 1260. The summed E-state index contributed by atoms with van der Waals surface area (Å²) in [7, 11) is 2.07. The maximum Gasteiger partial charge on any atom is 0.251 e. The summed E-state index contributed by atoms with van der Waals surface area (Å²) in [5.74, 6) is 0.259. The fourth-order valence-corrected chi connectivity index (χ4v) is 5.32. The van der Waals surface area contributed by atoms with Gasteiger partial charge in [-0.1, -0.05) is 32.0 Å². The van der Waals surface area contributed by atoms with Gasteiger partial charge in [-0.3, -0.25) is 19.8 Å². The molecule has 1 aliphatic heterocycles. The fourth-order valence-electron chi connectivity index (χ4n) is 5.32. The van der Waals surface area contributed by atoms with Gasteiger partial charge in [-0.15, -0.1) is 0 Å². The van der Waals surface area contributed by atoms with Gasteiger partial charge in [0.15, 0.2) is 0 Å². The number of nitrogens with zero attached hydrogens (tertiary/aromatic N) is 2. The minimum Gasteiger partial charge on any atom is -0.489 e. The summed E-state index contributed by atoms with van der Waals surface area (Å²) in [6.07, 6.45) is 1.26. The Morgan fingerprint density at radius 2 is 1.92 bits per heavy atom. The minimum atomic E-state index is -0.735. The number of ether oxygens (including phenoxy) is 1. The molecule has 196 valence electrons. The largest absolute Gasteiger partial charge is 0.489 e. The van der Waals surface area contributed by atoms with Gasteiger partial charge in [-0.2, -0.15) is 0 Å². The number of carbonyl (C=O) groups is 2. The van der Waals surface area contributed by atoms with Crippen LogP contribution in [0.25, 0.3) is 10.9 Å². The number of aromatic nitrogens is 1. The highest BCUT2D eigenvalue weighted by Gasteiger charge is 2.42. The molecule has 2 unspecified atom stereocenters. The number of carbonyl (C=O) groups excluding carboxylic acids is 2. The van der Waals surface area contributed by atoms with E-state index in [4.69, 9.17) is 9.94 Å². The highest BCUT2D eigenvalue weighted by atomic mass is 16.5. The normalized spacial score (nSPS) is 20.1. The summed E-state index contributed by atoms with van der Waals surface area (Å²) < 4.78 is 6.03. The van der Waals surface area contributed by atoms with E-state index < -0.39 is 11.4 Å². The lowest BCUT2D eigenvalue weighted by atomic mass is 9.77. The molecule has 4 rings (SSSR count). The number of nitrogens with one attached hydrogen (secondary N) is 2. The van der Waals surface area contributed by atoms with Crippen molar-refractivity contribution in [3.8, 4) is 5.75 Å². The molecule has 2 amide bonds. The van der Waals surface area contributed by atoms with Gasteiger partial charge in [0.2, 0.25) is 5.91 Å². The molecule has 37 heavy (non-hydrogen) atoms. The monoisotopic (exact) mass is 504 g/mol. The smallest absolute Gasteiger partial charge is 0.251 e. The number of aryl methyl sites for hydroxylation is 1. The van der Waals surface area contributed by atoms with Crippen LogP contribution < -0.4 is 15.5 Å². The van der Waals surface area contributed by atoms with Crippen LogP contribution >= 0.6 is 0 Å². The molecule has 3 N–H and O–H groups in total. The first-order chi connectivity index (χ1) is 17.7. The van der Waals surface area contributed by atoms with Crippen molar-refractivity contribution < 1.29 is 19.5 Å². The molecule has 8 heteroatoms. The third-order valence-corrected chi connectivity index (χ3v) is 7.32. The van der Waals surface area contributed by atoms with E-state index in [0.717, 1.165) is 28.7 Å². The lowest BCUT2D eigenvalue weighted by molar-refractivity contribution is -0.131. The van der Waals surface area contributed by atoms with Crippen molar-refractivity contribution in [3.63, 3.8) is 0 Å². The molecule has 1 saturated heterocycles. The second-order valence-corrected chi connectivity index (χ2v) is 10.4. The zero-order chi connectivity index (χ0) is 26.6. The number of likely N-dealkylation sites (tertiary alicyclic amines) is 1. The number of para-hydroxylation sites is 1. The van der Waals surface area contributed by atoms with Gasteiger partial charge in [-0.05, 0) is 69.1 Å². The summed E-state index contributed by atoms with van der Waals surface area (Å²) in [5, 5.41) is 13.3. The predicted molar refractivity (Wildman–Crippen MR) is 142 cm³/mol. The lowest BCUT2D eigenvalue weighted by Crippen LogP contribution is -2.60. The van der Waals surface area contributed by atoms with Gasteiger partial charge in [0.1, 0.15) is 12.4 Å². The number of amides is 2. The third-order valence-electron chi connectivity index (χ3n) is 7.32. The second-order valence-electron chi connectivity index (χ2n) is 10.4. The molecular formula is C29H36N4O4. The van der Waals surface area contributed by atoms with Crippen molar-refractivity contribution in [2.45, 2.75) is 58.2 Å². The molecule has 0 saturated carbocycles. The summed E-state index contributed by atoms with van der Waals surface area (Å²) in [6, 6.07) is 17.2. The molecule has 8 nitrogen and oxygen atoms in total. The molecule has 3 aromatic rings. The van der Waals surface area contributed by atoms with E-state index in [9.17, 15) is 9.59 Å². The second kappa shape index (κ2) is 11.3. The number of fused-ring (bicyclic) bond motifs is 1. The van der Waals surface area contributed by atoms with Crippen LogP contribution in [0.15, 0.2) is 54.6 Å². The number of hydroxylamine groups is 1. The average Bonchev–Trinajstić information content (AvgIpc) is 2.88. The van der Waals surface area contributed by atoms with Crippen LogP contribution in [0, 0.1) is 12.8 Å².